The van der Waals surface area contributed by atoms with Crippen molar-refractivity contribution < 1.29 is 4.79 Å². The maximum atomic E-state index is 12.3. The Bertz CT molecular complexity index is 687. The van der Waals surface area contributed by atoms with Crippen LogP contribution in [0.15, 0.2) is 18.2 Å². The zero-order valence-corrected chi connectivity index (χ0v) is 15.7. The van der Waals surface area contributed by atoms with Crippen LogP contribution in [0.25, 0.3) is 5.82 Å². The summed E-state index contributed by atoms with van der Waals surface area (Å²) in [4.78, 5) is 16.6. The summed E-state index contributed by atoms with van der Waals surface area (Å²) in [5.74, 6) is 0.297. The second-order valence-corrected chi connectivity index (χ2v) is 5.75. The Hall–Kier alpha value is -1.63. The van der Waals surface area contributed by atoms with Crippen molar-refractivity contribution >= 4 is 29.9 Å². The maximum Gasteiger partial charge on any atom is 0.271 e. The van der Waals surface area contributed by atoms with E-state index in [2.05, 4.69) is 27.6 Å². The van der Waals surface area contributed by atoms with Gasteiger partial charge in [0, 0.05) is 18.8 Å². The van der Waals surface area contributed by atoms with Gasteiger partial charge in [0.25, 0.3) is 5.91 Å². The SMILES string of the molecule is CCCNCCNC(=O)c1nc(-n2nc(C)cc2C)ccc1Cl.Cl. The number of hydrogen-bond donors (Lipinski definition) is 2. The highest BCUT2D eigenvalue weighted by Gasteiger charge is 2.14. The van der Waals surface area contributed by atoms with E-state index in [4.69, 9.17) is 11.6 Å². The summed E-state index contributed by atoms with van der Waals surface area (Å²) in [6.07, 6.45) is 1.06. The molecule has 0 aliphatic rings. The highest BCUT2D eigenvalue weighted by Crippen LogP contribution is 2.17. The van der Waals surface area contributed by atoms with Gasteiger partial charge in [0.05, 0.1) is 10.7 Å². The molecule has 0 aliphatic heterocycles. The molecule has 24 heavy (non-hydrogen) atoms. The molecular formula is C16H23Cl2N5O. The smallest absolute Gasteiger partial charge is 0.271 e. The van der Waals surface area contributed by atoms with Gasteiger partial charge in [-0.25, -0.2) is 9.67 Å². The van der Waals surface area contributed by atoms with E-state index >= 15 is 0 Å². The molecule has 0 saturated heterocycles. The average molecular weight is 372 g/mol. The lowest BCUT2D eigenvalue weighted by molar-refractivity contribution is 0.0949. The van der Waals surface area contributed by atoms with Gasteiger partial charge in [0.15, 0.2) is 5.82 Å². The zero-order chi connectivity index (χ0) is 16.8. The predicted octanol–water partition coefficient (Wildman–Crippen LogP) is 2.69. The number of halogens is 2. The summed E-state index contributed by atoms with van der Waals surface area (Å²) in [6, 6.07) is 5.38. The van der Waals surface area contributed by atoms with Gasteiger partial charge in [-0.3, -0.25) is 4.79 Å². The number of hydrogen-bond acceptors (Lipinski definition) is 4. The van der Waals surface area contributed by atoms with Crippen LogP contribution in [0.3, 0.4) is 0 Å². The number of aromatic nitrogens is 3. The Morgan fingerprint density at radius 2 is 2.00 bits per heavy atom. The highest BCUT2D eigenvalue weighted by molar-refractivity contribution is 6.33. The predicted molar refractivity (Wildman–Crippen MR) is 98.6 cm³/mol. The fourth-order valence-electron chi connectivity index (χ4n) is 2.22. The Balaban J connectivity index is 0.00000288. The molecule has 0 atom stereocenters. The molecule has 2 heterocycles. The second-order valence-electron chi connectivity index (χ2n) is 5.34. The summed E-state index contributed by atoms with van der Waals surface area (Å²) in [5.41, 5.74) is 2.06. The first-order chi connectivity index (χ1) is 11.0. The molecule has 8 heteroatoms. The molecular weight excluding hydrogens is 349 g/mol. The van der Waals surface area contributed by atoms with Crippen LogP contribution in [0, 0.1) is 13.8 Å². The van der Waals surface area contributed by atoms with Gasteiger partial charge in [-0.1, -0.05) is 18.5 Å². The molecule has 2 aromatic heterocycles. The van der Waals surface area contributed by atoms with Gasteiger partial charge in [-0.15, -0.1) is 12.4 Å². The number of pyridine rings is 1. The molecule has 2 N–H and O–H groups in total. The average Bonchev–Trinajstić information content (AvgIpc) is 2.86. The minimum Gasteiger partial charge on any atom is -0.349 e. The van der Waals surface area contributed by atoms with Crippen molar-refractivity contribution in [1.82, 2.24) is 25.4 Å². The molecule has 0 saturated carbocycles. The third kappa shape index (κ3) is 5.19. The molecule has 6 nitrogen and oxygen atoms in total. The van der Waals surface area contributed by atoms with E-state index < -0.39 is 0 Å². The third-order valence-corrected chi connectivity index (χ3v) is 3.59. The van der Waals surface area contributed by atoms with Crippen molar-refractivity contribution in [3.8, 4) is 5.82 Å². The van der Waals surface area contributed by atoms with E-state index in [1.807, 2.05) is 19.9 Å². The number of amides is 1. The fraction of sp³-hybridized carbons (Fsp3) is 0.438. The number of nitrogens with zero attached hydrogens (tertiary/aromatic N) is 3. The monoisotopic (exact) mass is 371 g/mol. The summed E-state index contributed by atoms with van der Waals surface area (Å²) in [6.45, 7) is 8.13. The molecule has 0 aromatic carbocycles. The first-order valence-corrected chi connectivity index (χ1v) is 8.09. The molecule has 2 rings (SSSR count). The van der Waals surface area contributed by atoms with E-state index in [1.165, 1.54) is 0 Å². The molecule has 0 unspecified atom stereocenters. The number of rotatable bonds is 7. The van der Waals surface area contributed by atoms with Crippen LogP contribution >= 0.6 is 24.0 Å². The number of nitrogens with one attached hydrogen (secondary N) is 2. The lowest BCUT2D eigenvalue weighted by Crippen LogP contribution is -2.32. The first-order valence-electron chi connectivity index (χ1n) is 7.72. The van der Waals surface area contributed by atoms with Gasteiger partial charge in [0.2, 0.25) is 0 Å². The van der Waals surface area contributed by atoms with Gasteiger partial charge in [-0.2, -0.15) is 5.10 Å². The van der Waals surface area contributed by atoms with Crippen LogP contribution in [-0.4, -0.2) is 40.3 Å². The van der Waals surface area contributed by atoms with E-state index in [-0.39, 0.29) is 24.0 Å². The Labute approximate surface area is 153 Å². The Kier molecular flexibility index (Phi) is 8.18. The standard InChI is InChI=1S/C16H22ClN5O.ClH/c1-4-7-18-8-9-19-16(23)15-13(17)5-6-14(20-15)22-12(3)10-11(2)21-22;/h5-6,10,18H,4,7-9H2,1-3H3,(H,19,23);1H. The summed E-state index contributed by atoms with van der Waals surface area (Å²) >= 11 is 6.12. The fourth-order valence-corrected chi connectivity index (χ4v) is 2.41. The van der Waals surface area contributed by atoms with Crippen molar-refractivity contribution in [3.63, 3.8) is 0 Å². The molecule has 0 bridgehead atoms. The highest BCUT2D eigenvalue weighted by atomic mass is 35.5. The molecule has 2 aromatic rings. The van der Waals surface area contributed by atoms with Crippen LogP contribution in [0.4, 0.5) is 0 Å². The van der Waals surface area contributed by atoms with E-state index in [1.54, 1.807) is 16.8 Å². The molecule has 0 spiro atoms. The third-order valence-electron chi connectivity index (χ3n) is 3.29. The van der Waals surface area contributed by atoms with Gasteiger partial charge >= 0.3 is 0 Å². The summed E-state index contributed by atoms with van der Waals surface area (Å²) in [7, 11) is 0. The van der Waals surface area contributed by atoms with Crippen LogP contribution in [-0.2, 0) is 0 Å². The van der Waals surface area contributed by atoms with Gasteiger partial charge < -0.3 is 10.6 Å². The van der Waals surface area contributed by atoms with Crippen molar-refractivity contribution in [2.24, 2.45) is 0 Å². The van der Waals surface area contributed by atoms with Crippen LogP contribution in [0.1, 0.15) is 35.2 Å². The molecule has 0 radical (unpaired) electrons. The van der Waals surface area contributed by atoms with Crippen molar-refractivity contribution in [1.29, 1.82) is 0 Å². The normalized spacial score (nSPS) is 10.3. The van der Waals surface area contributed by atoms with Crippen molar-refractivity contribution in [2.75, 3.05) is 19.6 Å². The Morgan fingerprint density at radius 1 is 1.25 bits per heavy atom. The molecule has 132 valence electrons. The van der Waals surface area contributed by atoms with Crippen molar-refractivity contribution in [2.45, 2.75) is 27.2 Å². The molecule has 0 aliphatic carbocycles. The minimum absolute atomic E-state index is 0. The first kappa shape index (κ1) is 20.4. The van der Waals surface area contributed by atoms with E-state index in [0.717, 1.165) is 24.4 Å². The minimum atomic E-state index is -0.281. The molecule has 1 amide bonds. The summed E-state index contributed by atoms with van der Waals surface area (Å²) in [5, 5.41) is 10.7. The Morgan fingerprint density at radius 3 is 2.62 bits per heavy atom. The van der Waals surface area contributed by atoms with Crippen LogP contribution in [0.2, 0.25) is 5.02 Å². The lowest BCUT2D eigenvalue weighted by Gasteiger charge is -2.09. The van der Waals surface area contributed by atoms with E-state index in [0.29, 0.717) is 23.9 Å². The van der Waals surface area contributed by atoms with Gasteiger partial charge in [-0.05, 0) is 45.0 Å². The number of carbonyl (C=O) groups is 1. The van der Waals surface area contributed by atoms with Crippen LogP contribution in [0.5, 0.6) is 0 Å². The number of aryl methyl sites for hydroxylation is 2. The lowest BCUT2D eigenvalue weighted by atomic mass is 10.3. The largest absolute Gasteiger partial charge is 0.349 e. The quantitative estimate of drug-likeness (QED) is 0.733. The summed E-state index contributed by atoms with van der Waals surface area (Å²) < 4.78 is 1.70. The molecule has 0 fully saturated rings. The second kappa shape index (κ2) is 9.61. The van der Waals surface area contributed by atoms with Gasteiger partial charge in [0.1, 0.15) is 5.69 Å². The van der Waals surface area contributed by atoms with E-state index in [9.17, 15) is 4.79 Å². The van der Waals surface area contributed by atoms with Crippen LogP contribution < -0.4 is 10.6 Å². The number of carbonyl (C=O) groups excluding carboxylic acids is 1. The zero-order valence-electron chi connectivity index (χ0n) is 14.1. The van der Waals surface area contributed by atoms with Crippen molar-refractivity contribution in [3.05, 3.63) is 40.3 Å². The maximum absolute atomic E-state index is 12.3. The topological polar surface area (TPSA) is 71.8 Å².